The van der Waals surface area contributed by atoms with Crippen molar-refractivity contribution >= 4 is 27.6 Å². The SMILES string of the molecule is COC(=O)c1ccc(Cl)c(S(=O)(=O)NCCCN2CCOCC2)c1. The summed E-state index contributed by atoms with van der Waals surface area (Å²) in [5.74, 6) is -0.615. The van der Waals surface area contributed by atoms with Crippen molar-refractivity contribution in [2.24, 2.45) is 0 Å². The Kier molecular flexibility index (Phi) is 7.00. The summed E-state index contributed by atoms with van der Waals surface area (Å²) >= 11 is 5.97. The summed E-state index contributed by atoms with van der Waals surface area (Å²) in [6.45, 7) is 4.23. The Morgan fingerprint density at radius 2 is 2.08 bits per heavy atom. The highest BCUT2D eigenvalue weighted by Gasteiger charge is 2.20. The first-order valence-corrected chi connectivity index (χ1v) is 9.48. The smallest absolute Gasteiger partial charge is 0.337 e. The van der Waals surface area contributed by atoms with Gasteiger partial charge in [-0.2, -0.15) is 0 Å². The van der Waals surface area contributed by atoms with E-state index in [9.17, 15) is 13.2 Å². The summed E-state index contributed by atoms with van der Waals surface area (Å²) in [6.07, 6.45) is 0.674. The number of nitrogens with one attached hydrogen (secondary N) is 1. The van der Waals surface area contributed by atoms with E-state index in [0.29, 0.717) is 26.2 Å². The number of halogens is 1. The van der Waals surface area contributed by atoms with E-state index >= 15 is 0 Å². The molecule has 2 rings (SSSR count). The zero-order chi connectivity index (χ0) is 17.6. The van der Waals surface area contributed by atoms with Crippen LogP contribution in [0.4, 0.5) is 0 Å². The molecule has 24 heavy (non-hydrogen) atoms. The van der Waals surface area contributed by atoms with Crippen molar-refractivity contribution in [1.82, 2.24) is 9.62 Å². The Hall–Kier alpha value is -1.19. The number of ether oxygens (including phenoxy) is 2. The number of nitrogens with zero attached hydrogens (tertiary/aromatic N) is 1. The summed E-state index contributed by atoms with van der Waals surface area (Å²) < 4.78 is 37.2. The van der Waals surface area contributed by atoms with Gasteiger partial charge in [-0.25, -0.2) is 17.9 Å². The third-order valence-electron chi connectivity index (χ3n) is 3.69. The molecule has 1 saturated heterocycles. The average molecular weight is 377 g/mol. The summed E-state index contributed by atoms with van der Waals surface area (Å²) in [4.78, 5) is 13.6. The van der Waals surface area contributed by atoms with Crippen LogP contribution in [0.15, 0.2) is 23.1 Å². The Bertz CT molecular complexity index is 674. The van der Waals surface area contributed by atoms with Crippen molar-refractivity contribution in [1.29, 1.82) is 0 Å². The fourth-order valence-corrected chi connectivity index (χ4v) is 3.96. The van der Waals surface area contributed by atoms with E-state index in [1.807, 2.05) is 0 Å². The molecule has 0 unspecified atom stereocenters. The van der Waals surface area contributed by atoms with Gasteiger partial charge in [-0.1, -0.05) is 11.6 Å². The van der Waals surface area contributed by atoms with Gasteiger partial charge in [0.2, 0.25) is 10.0 Å². The highest BCUT2D eigenvalue weighted by atomic mass is 35.5. The molecule has 1 aromatic rings. The maximum atomic E-state index is 12.4. The van der Waals surface area contributed by atoms with E-state index < -0.39 is 16.0 Å². The molecular weight excluding hydrogens is 356 g/mol. The topological polar surface area (TPSA) is 84.9 Å². The highest BCUT2D eigenvalue weighted by molar-refractivity contribution is 7.89. The van der Waals surface area contributed by atoms with E-state index in [-0.39, 0.29) is 15.5 Å². The van der Waals surface area contributed by atoms with E-state index in [4.69, 9.17) is 16.3 Å². The van der Waals surface area contributed by atoms with Gasteiger partial charge >= 0.3 is 5.97 Å². The van der Waals surface area contributed by atoms with Crippen LogP contribution < -0.4 is 4.72 Å². The van der Waals surface area contributed by atoms with Crippen molar-refractivity contribution in [3.63, 3.8) is 0 Å². The first-order chi connectivity index (χ1) is 11.4. The first-order valence-electron chi connectivity index (χ1n) is 7.61. The Morgan fingerprint density at radius 3 is 2.75 bits per heavy atom. The van der Waals surface area contributed by atoms with Crippen molar-refractivity contribution in [3.05, 3.63) is 28.8 Å². The molecule has 7 nitrogen and oxygen atoms in total. The largest absolute Gasteiger partial charge is 0.465 e. The first kappa shape index (κ1) is 19.1. The van der Waals surface area contributed by atoms with Gasteiger partial charge in [0, 0.05) is 19.6 Å². The Morgan fingerprint density at radius 1 is 1.38 bits per heavy atom. The van der Waals surface area contributed by atoms with Gasteiger partial charge in [0.25, 0.3) is 0 Å². The van der Waals surface area contributed by atoms with E-state index in [0.717, 1.165) is 19.6 Å². The number of morpholine rings is 1. The second-order valence-corrected chi connectivity index (χ2v) is 7.48. The van der Waals surface area contributed by atoms with Gasteiger partial charge in [-0.05, 0) is 31.2 Å². The summed E-state index contributed by atoms with van der Waals surface area (Å²) in [5, 5.41) is 0.0586. The molecule has 0 aromatic heterocycles. The number of hydrogen-bond acceptors (Lipinski definition) is 6. The standard InChI is InChI=1S/C15H21ClN2O5S/c1-22-15(19)12-3-4-13(16)14(11-12)24(20,21)17-5-2-6-18-7-9-23-10-8-18/h3-4,11,17H,2,5-10H2,1H3. The van der Waals surface area contributed by atoms with Crippen molar-refractivity contribution < 1.29 is 22.7 Å². The molecule has 0 spiro atoms. The second kappa shape index (κ2) is 8.77. The van der Waals surface area contributed by atoms with Crippen LogP contribution in [0.5, 0.6) is 0 Å². The van der Waals surface area contributed by atoms with Crippen LogP contribution in [0, 0.1) is 0 Å². The van der Waals surface area contributed by atoms with Crippen LogP contribution in [-0.2, 0) is 19.5 Å². The summed E-state index contributed by atoms with van der Waals surface area (Å²) in [6, 6.07) is 4.01. The van der Waals surface area contributed by atoms with Gasteiger partial charge in [0.15, 0.2) is 0 Å². The molecule has 1 aliphatic rings. The lowest BCUT2D eigenvalue weighted by Crippen LogP contribution is -2.38. The molecular formula is C15H21ClN2O5S. The van der Waals surface area contributed by atoms with Crippen LogP contribution in [0.3, 0.4) is 0 Å². The molecule has 134 valence electrons. The lowest BCUT2D eigenvalue weighted by atomic mass is 10.2. The van der Waals surface area contributed by atoms with Gasteiger partial charge < -0.3 is 9.47 Å². The number of rotatable bonds is 7. The maximum absolute atomic E-state index is 12.4. The summed E-state index contributed by atoms with van der Waals surface area (Å²) in [7, 11) is -2.56. The fourth-order valence-electron chi connectivity index (χ4n) is 2.37. The molecule has 0 saturated carbocycles. The summed E-state index contributed by atoms with van der Waals surface area (Å²) in [5.41, 5.74) is 0.135. The predicted molar refractivity (Wildman–Crippen MR) is 89.9 cm³/mol. The van der Waals surface area contributed by atoms with Crippen molar-refractivity contribution in [2.75, 3.05) is 46.5 Å². The number of carbonyl (C=O) groups excluding carboxylic acids is 1. The third kappa shape index (κ3) is 5.15. The number of sulfonamides is 1. The van der Waals surface area contributed by atoms with Crippen LogP contribution in [0.2, 0.25) is 5.02 Å². The minimum absolute atomic E-state index is 0.0586. The zero-order valence-corrected chi connectivity index (χ0v) is 15.0. The van der Waals surface area contributed by atoms with Crippen molar-refractivity contribution in [2.45, 2.75) is 11.3 Å². The van der Waals surface area contributed by atoms with E-state index in [1.165, 1.54) is 25.3 Å². The number of hydrogen-bond donors (Lipinski definition) is 1. The predicted octanol–water partition coefficient (Wildman–Crippen LogP) is 1.13. The Balaban J connectivity index is 1.95. The molecule has 0 radical (unpaired) electrons. The van der Waals surface area contributed by atoms with Crippen LogP contribution in [0.25, 0.3) is 0 Å². The van der Waals surface area contributed by atoms with Gasteiger partial charge in [0.1, 0.15) is 4.90 Å². The molecule has 0 amide bonds. The Labute approximate surface area is 146 Å². The van der Waals surface area contributed by atoms with Crippen LogP contribution in [0.1, 0.15) is 16.8 Å². The number of carbonyl (C=O) groups is 1. The van der Waals surface area contributed by atoms with E-state index in [1.54, 1.807) is 0 Å². The molecule has 1 aliphatic heterocycles. The second-order valence-electron chi connectivity index (χ2n) is 5.34. The number of esters is 1. The third-order valence-corrected chi connectivity index (χ3v) is 5.63. The molecule has 0 atom stereocenters. The normalized spacial score (nSPS) is 16.1. The van der Waals surface area contributed by atoms with Crippen LogP contribution in [-0.4, -0.2) is 65.8 Å². The zero-order valence-electron chi connectivity index (χ0n) is 13.5. The molecule has 1 fully saturated rings. The molecule has 9 heteroatoms. The fraction of sp³-hybridized carbons (Fsp3) is 0.533. The lowest BCUT2D eigenvalue weighted by Gasteiger charge is -2.26. The van der Waals surface area contributed by atoms with Crippen LogP contribution >= 0.6 is 11.6 Å². The number of benzene rings is 1. The average Bonchev–Trinajstić information content (AvgIpc) is 2.59. The molecule has 1 aromatic carbocycles. The van der Waals surface area contributed by atoms with E-state index in [2.05, 4.69) is 14.4 Å². The van der Waals surface area contributed by atoms with Gasteiger partial charge in [-0.15, -0.1) is 0 Å². The van der Waals surface area contributed by atoms with Crippen molar-refractivity contribution in [3.8, 4) is 0 Å². The number of methoxy groups -OCH3 is 1. The molecule has 1 heterocycles. The highest BCUT2D eigenvalue weighted by Crippen LogP contribution is 2.23. The lowest BCUT2D eigenvalue weighted by molar-refractivity contribution is 0.0376. The monoisotopic (exact) mass is 376 g/mol. The minimum atomic E-state index is -3.79. The van der Waals surface area contributed by atoms with Gasteiger partial charge in [-0.3, -0.25) is 4.90 Å². The van der Waals surface area contributed by atoms with Gasteiger partial charge in [0.05, 0.1) is 30.9 Å². The quantitative estimate of drug-likeness (QED) is 0.567. The molecule has 0 bridgehead atoms. The minimum Gasteiger partial charge on any atom is -0.465 e. The maximum Gasteiger partial charge on any atom is 0.337 e. The molecule has 0 aliphatic carbocycles. The molecule has 1 N–H and O–H groups in total.